The van der Waals surface area contributed by atoms with Crippen molar-refractivity contribution in [1.82, 2.24) is 0 Å². The molecule has 1 saturated carbocycles. The van der Waals surface area contributed by atoms with Gasteiger partial charge in [0.2, 0.25) is 0 Å². The standard InChI is InChI=1S/C15H21ClFN/c1-2-10-6-3-4-7-11(10)15(18)14-12(16)8-5-9-13(14)17/h5,8-11,15H,2-4,6-7,18H2,1H3. The Hall–Kier alpha value is -0.600. The van der Waals surface area contributed by atoms with Crippen molar-refractivity contribution in [1.29, 1.82) is 0 Å². The van der Waals surface area contributed by atoms with Crippen LogP contribution in [0.4, 0.5) is 4.39 Å². The first-order chi connectivity index (χ1) is 8.65. The Bertz CT molecular complexity index is 387. The molecule has 1 fully saturated rings. The van der Waals surface area contributed by atoms with Gasteiger partial charge >= 0.3 is 0 Å². The molecule has 0 bridgehead atoms. The minimum absolute atomic E-state index is 0.268. The Balaban J connectivity index is 2.26. The summed E-state index contributed by atoms with van der Waals surface area (Å²) in [5.74, 6) is 0.693. The summed E-state index contributed by atoms with van der Waals surface area (Å²) in [7, 11) is 0. The fourth-order valence-electron chi connectivity index (χ4n) is 3.26. The van der Waals surface area contributed by atoms with Gasteiger partial charge in [0.05, 0.1) is 0 Å². The summed E-state index contributed by atoms with van der Waals surface area (Å²) in [6, 6.07) is 4.53. The quantitative estimate of drug-likeness (QED) is 0.846. The van der Waals surface area contributed by atoms with Crippen molar-refractivity contribution in [2.24, 2.45) is 17.6 Å². The maximum absolute atomic E-state index is 13.9. The Labute approximate surface area is 114 Å². The lowest BCUT2D eigenvalue weighted by Crippen LogP contribution is -2.31. The molecule has 1 aliphatic rings. The summed E-state index contributed by atoms with van der Waals surface area (Å²) >= 11 is 6.11. The van der Waals surface area contributed by atoms with E-state index in [9.17, 15) is 4.39 Å². The first-order valence-corrected chi connectivity index (χ1v) is 7.22. The fourth-order valence-corrected chi connectivity index (χ4v) is 3.55. The van der Waals surface area contributed by atoms with Crippen molar-refractivity contribution < 1.29 is 4.39 Å². The lowest BCUT2D eigenvalue weighted by Gasteiger charge is -2.35. The van der Waals surface area contributed by atoms with Gasteiger partial charge in [-0.3, -0.25) is 0 Å². The molecule has 100 valence electrons. The molecule has 1 aromatic rings. The van der Waals surface area contributed by atoms with Crippen molar-refractivity contribution in [3.8, 4) is 0 Å². The molecule has 0 saturated heterocycles. The molecule has 3 unspecified atom stereocenters. The molecule has 1 aliphatic carbocycles. The van der Waals surface area contributed by atoms with Crippen LogP contribution in [-0.4, -0.2) is 0 Å². The summed E-state index contributed by atoms with van der Waals surface area (Å²) in [5.41, 5.74) is 6.82. The van der Waals surface area contributed by atoms with E-state index >= 15 is 0 Å². The maximum Gasteiger partial charge on any atom is 0.129 e. The van der Waals surface area contributed by atoms with Crippen LogP contribution in [0.2, 0.25) is 5.02 Å². The monoisotopic (exact) mass is 269 g/mol. The van der Waals surface area contributed by atoms with Crippen LogP contribution >= 0.6 is 11.6 Å². The van der Waals surface area contributed by atoms with E-state index in [0.29, 0.717) is 22.4 Å². The Morgan fingerprint density at radius 1 is 1.39 bits per heavy atom. The van der Waals surface area contributed by atoms with Crippen molar-refractivity contribution >= 4 is 11.6 Å². The van der Waals surface area contributed by atoms with E-state index in [2.05, 4.69) is 6.92 Å². The van der Waals surface area contributed by atoms with Gasteiger partial charge in [-0.05, 0) is 30.4 Å². The van der Waals surface area contributed by atoms with Gasteiger partial charge in [0.25, 0.3) is 0 Å². The summed E-state index contributed by atoms with van der Waals surface area (Å²) in [4.78, 5) is 0. The summed E-state index contributed by atoms with van der Waals surface area (Å²) in [6.45, 7) is 2.19. The van der Waals surface area contributed by atoms with Crippen LogP contribution in [0.5, 0.6) is 0 Å². The molecule has 3 heteroatoms. The van der Waals surface area contributed by atoms with Gasteiger partial charge in [-0.15, -0.1) is 0 Å². The van der Waals surface area contributed by atoms with Crippen molar-refractivity contribution in [2.45, 2.75) is 45.1 Å². The molecule has 0 heterocycles. The number of rotatable bonds is 3. The molecule has 0 aliphatic heterocycles. The van der Waals surface area contributed by atoms with Crippen LogP contribution in [-0.2, 0) is 0 Å². The number of hydrogen-bond acceptors (Lipinski definition) is 1. The average molecular weight is 270 g/mol. The molecule has 1 aromatic carbocycles. The summed E-state index contributed by atoms with van der Waals surface area (Å²) in [5, 5.41) is 0.461. The molecule has 2 rings (SSSR count). The van der Waals surface area contributed by atoms with E-state index in [-0.39, 0.29) is 11.9 Å². The van der Waals surface area contributed by atoms with Crippen LogP contribution in [0.1, 0.15) is 50.6 Å². The van der Waals surface area contributed by atoms with Crippen molar-refractivity contribution in [3.05, 3.63) is 34.6 Å². The lowest BCUT2D eigenvalue weighted by atomic mass is 9.72. The highest BCUT2D eigenvalue weighted by atomic mass is 35.5. The van der Waals surface area contributed by atoms with Gasteiger partial charge in [-0.25, -0.2) is 4.39 Å². The smallest absolute Gasteiger partial charge is 0.129 e. The van der Waals surface area contributed by atoms with E-state index in [1.165, 1.54) is 25.3 Å². The first-order valence-electron chi connectivity index (χ1n) is 6.84. The maximum atomic E-state index is 13.9. The number of halogens is 2. The van der Waals surface area contributed by atoms with E-state index in [0.717, 1.165) is 12.8 Å². The van der Waals surface area contributed by atoms with Crippen molar-refractivity contribution in [3.63, 3.8) is 0 Å². The zero-order chi connectivity index (χ0) is 13.1. The highest BCUT2D eigenvalue weighted by molar-refractivity contribution is 6.31. The first kappa shape index (κ1) is 13.8. The minimum atomic E-state index is -0.274. The van der Waals surface area contributed by atoms with Gasteiger partial charge in [0.1, 0.15) is 5.82 Å². The summed E-state index contributed by atoms with van der Waals surface area (Å²) < 4.78 is 13.9. The normalized spacial score (nSPS) is 26.0. The number of benzene rings is 1. The SMILES string of the molecule is CCC1CCCCC1C(N)c1c(F)cccc1Cl. The van der Waals surface area contributed by atoms with Crippen LogP contribution in [0.15, 0.2) is 18.2 Å². The molecular formula is C15H21ClFN. The third-order valence-electron chi connectivity index (χ3n) is 4.29. The molecule has 0 spiro atoms. The van der Waals surface area contributed by atoms with Crippen LogP contribution < -0.4 is 5.73 Å². The number of hydrogen-bond donors (Lipinski definition) is 1. The van der Waals surface area contributed by atoms with Gasteiger partial charge in [-0.2, -0.15) is 0 Å². The van der Waals surface area contributed by atoms with E-state index in [1.807, 2.05) is 0 Å². The molecular weight excluding hydrogens is 249 g/mol. The van der Waals surface area contributed by atoms with Crippen LogP contribution in [0.3, 0.4) is 0 Å². The highest BCUT2D eigenvalue weighted by Crippen LogP contribution is 2.41. The largest absolute Gasteiger partial charge is 0.324 e. The van der Waals surface area contributed by atoms with E-state index in [1.54, 1.807) is 12.1 Å². The average Bonchev–Trinajstić information content (AvgIpc) is 2.38. The molecule has 0 radical (unpaired) electrons. The van der Waals surface area contributed by atoms with E-state index in [4.69, 9.17) is 17.3 Å². The van der Waals surface area contributed by atoms with Gasteiger partial charge in [0, 0.05) is 16.6 Å². The minimum Gasteiger partial charge on any atom is -0.324 e. The Morgan fingerprint density at radius 3 is 2.78 bits per heavy atom. The Kier molecular flexibility index (Phi) is 4.63. The highest BCUT2D eigenvalue weighted by Gasteiger charge is 2.31. The van der Waals surface area contributed by atoms with Gasteiger partial charge < -0.3 is 5.73 Å². The molecule has 0 aromatic heterocycles. The zero-order valence-corrected chi connectivity index (χ0v) is 11.6. The third kappa shape index (κ3) is 2.70. The predicted molar refractivity (Wildman–Crippen MR) is 74.1 cm³/mol. The lowest BCUT2D eigenvalue weighted by molar-refractivity contribution is 0.194. The van der Waals surface area contributed by atoms with Gasteiger partial charge in [0.15, 0.2) is 0 Å². The molecule has 2 N–H and O–H groups in total. The summed E-state index contributed by atoms with van der Waals surface area (Å²) in [6.07, 6.45) is 5.88. The second-order valence-electron chi connectivity index (χ2n) is 5.28. The fraction of sp³-hybridized carbons (Fsp3) is 0.600. The molecule has 18 heavy (non-hydrogen) atoms. The zero-order valence-electron chi connectivity index (χ0n) is 10.8. The molecule has 1 nitrogen and oxygen atoms in total. The van der Waals surface area contributed by atoms with Crippen molar-refractivity contribution in [2.75, 3.05) is 0 Å². The van der Waals surface area contributed by atoms with Crippen LogP contribution in [0.25, 0.3) is 0 Å². The second-order valence-corrected chi connectivity index (χ2v) is 5.68. The topological polar surface area (TPSA) is 26.0 Å². The molecule has 3 atom stereocenters. The van der Waals surface area contributed by atoms with Crippen LogP contribution in [0, 0.1) is 17.7 Å². The van der Waals surface area contributed by atoms with Gasteiger partial charge in [-0.1, -0.05) is 50.3 Å². The molecule has 0 amide bonds. The predicted octanol–water partition coefficient (Wildman–Crippen LogP) is 4.70. The van der Waals surface area contributed by atoms with E-state index < -0.39 is 0 Å². The Morgan fingerprint density at radius 2 is 2.11 bits per heavy atom. The second kappa shape index (κ2) is 6.03. The number of nitrogens with two attached hydrogens (primary N) is 1. The third-order valence-corrected chi connectivity index (χ3v) is 4.62.